The van der Waals surface area contributed by atoms with Crippen LogP contribution in [0.25, 0.3) is 0 Å². The average Bonchev–Trinajstić information content (AvgIpc) is 2.71. The third kappa shape index (κ3) is 4.88. The molecule has 1 aliphatic heterocycles. The summed E-state index contributed by atoms with van der Waals surface area (Å²) in [7, 11) is -2.61. The number of urea groups is 1. The van der Waals surface area contributed by atoms with Crippen molar-refractivity contribution in [2.45, 2.75) is 17.9 Å². The number of amides is 2. The van der Waals surface area contributed by atoms with E-state index in [0.29, 0.717) is 18.5 Å². The maximum Gasteiger partial charge on any atom is 0.317 e. The minimum Gasteiger partial charge on any atom is -0.495 e. The number of nitrogens with one attached hydrogen (secondary N) is 2. The van der Waals surface area contributed by atoms with Crippen LogP contribution >= 0.6 is 11.6 Å². The van der Waals surface area contributed by atoms with Gasteiger partial charge in [0.2, 0.25) is 0 Å². The van der Waals surface area contributed by atoms with Crippen LogP contribution in [-0.4, -0.2) is 51.2 Å². The molecule has 0 spiro atoms. The second-order valence-corrected chi connectivity index (χ2v) is 8.41. The average molecular weight is 443 g/mol. The van der Waals surface area contributed by atoms with E-state index in [2.05, 4.69) is 15.0 Å². The van der Waals surface area contributed by atoms with Gasteiger partial charge in [-0.1, -0.05) is 11.6 Å². The Bertz CT molecular complexity index is 1020. The molecule has 0 fully saturated rings. The van der Waals surface area contributed by atoms with Gasteiger partial charge in [0.25, 0.3) is 10.0 Å². The first kappa shape index (κ1) is 21.1. The Kier molecular flexibility index (Phi) is 6.43. The van der Waals surface area contributed by atoms with Gasteiger partial charge in [-0.05, 0) is 29.8 Å². The van der Waals surface area contributed by atoms with Gasteiger partial charge in [0.15, 0.2) is 0 Å². The zero-order valence-electron chi connectivity index (χ0n) is 15.6. The first-order valence-electron chi connectivity index (χ1n) is 8.77. The smallest absolute Gasteiger partial charge is 0.317 e. The van der Waals surface area contributed by atoms with E-state index in [1.54, 1.807) is 6.07 Å². The van der Waals surface area contributed by atoms with Crippen LogP contribution in [0, 0.1) is 0 Å². The lowest BCUT2D eigenvalue weighted by Crippen LogP contribution is -2.43. The fourth-order valence-electron chi connectivity index (χ4n) is 2.99. The summed E-state index contributed by atoms with van der Waals surface area (Å²) >= 11 is 5.93. The highest BCUT2D eigenvalue weighted by atomic mass is 35.5. The number of benzene rings is 1. The molecule has 1 aromatic heterocycles. The van der Waals surface area contributed by atoms with Crippen LogP contribution in [0.15, 0.2) is 35.4 Å². The second kappa shape index (κ2) is 8.83. The van der Waals surface area contributed by atoms with Gasteiger partial charge >= 0.3 is 6.03 Å². The summed E-state index contributed by atoms with van der Waals surface area (Å²) in [5, 5.41) is 2.73. The number of ether oxygens (including phenoxy) is 1. The summed E-state index contributed by atoms with van der Waals surface area (Å²) in [6.07, 6.45) is 1.94. The SMILES string of the molecule is COc1ccc(Cl)cc1S(=O)(=O)Nc1cnc2c(c1)CN(C(=O)NCCF)CC2. The molecule has 29 heavy (non-hydrogen) atoms. The Morgan fingerprint density at radius 3 is 2.90 bits per heavy atom. The summed E-state index contributed by atoms with van der Waals surface area (Å²) in [5.74, 6) is 0.156. The third-order valence-electron chi connectivity index (χ3n) is 4.36. The van der Waals surface area contributed by atoms with Crippen LogP contribution in [0.1, 0.15) is 11.3 Å². The summed E-state index contributed by atoms with van der Waals surface area (Å²) in [6, 6.07) is 5.55. The number of rotatable bonds is 6. The summed E-state index contributed by atoms with van der Waals surface area (Å²) in [5.41, 5.74) is 1.74. The van der Waals surface area contributed by atoms with E-state index in [1.165, 1.54) is 36.4 Å². The quantitative estimate of drug-likeness (QED) is 0.716. The van der Waals surface area contributed by atoms with Crippen LogP contribution in [0.3, 0.4) is 0 Å². The van der Waals surface area contributed by atoms with Crippen LogP contribution < -0.4 is 14.8 Å². The number of methoxy groups -OCH3 is 1. The highest BCUT2D eigenvalue weighted by molar-refractivity contribution is 7.92. The highest BCUT2D eigenvalue weighted by Crippen LogP contribution is 2.29. The van der Waals surface area contributed by atoms with E-state index in [1.807, 2.05) is 0 Å². The predicted octanol–water partition coefficient (Wildman–Crippen LogP) is 2.58. The normalized spacial score (nSPS) is 13.6. The Morgan fingerprint density at radius 2 is 2.17 bits per heavy atom. The zero-order valence-corrected chi connectivity index (χ0v) is 17.2. The molecule has 0 saturated heterocycles. The van der Waals surface area contributed by atoms with Gasteiger partial charge in [0, 0.05) is 36.8 Å². The molecule has 8 nitrogen and oxygen atoms in total. The molecule has 0 unspecified atom stereocenters. The van der Waals surface area contributed by atoms with Crippen molar-refractivity contribution in [3.63, 3.8) is 0 Å². The monoisotopic (exact) mass is 442 g/mol. The maximum atomic E-state index is 12.8. The van der Waals surface area contributed by atoms with Gasteiger partial charge in [-0.15, -0.1) is 0 Å². The zero-order chi connectivity index (χ0) is 21.0. The highest BCUT2D eigenvalue weighted by Gasteiger charge is 2.24. The number of nitrogens with zero attached hydrogens (tertiary/aromatic N) is 2. The van der Waals surface area contributed by atoms with Gasteiger partial charge in [-0.2, -0.15) is 0 Å². The fraction of sp³-hybridized carbons (Fsp3) is 0.333. The van der Waals surface area contributed by atoms with Gasteiger partial charge in [0.05, 0.1) is 19.0 Å². The molecule has 2 N–H and O–H groups in total. The third-order valence-corrected chi connectivity index (χ3v) is 6.00. The molecule has 2 heterocycles. The lowest BCUT2D eigenvalue weighted by atomic mass is 10.1. The predicted molar refractivity (Wildman–Crippen MR) is 107 cm³/mol. The number of hydrogen-bond acceptors (Lipinski definition) is 5. The summed E-state index contributed by atoms with van der Waals surface area (Å²) in [4.78, 5) is 17.8. The number of hydrogen-bond donors (Lipinski definition) is 2. The molecule has 0 radical (unpaired) electrons. The van der Waals surface area contributed by atoms with Gasteiger partial charge in [-0.3, -0.25) is 9.71 Å². The maximum absolute atomic E-state index is 12.8. The molecule has 3 rings (SSSR count). The van der Waals surface area contributed by atoms with Gasteiger partial charge in [-0.25, -0.2) is 17.6 Å². The van der Waals surface area contributed by atoms with E-state index in [0.717, 1.165) is 5.69 Å². The molecule has 0 bridgehead atoms. The number of carbonyl (C=O) groups excluding carboxylic acids is 1. The number of anilines is 1. The van der Waals surface area contributed by atoms with E-state index in [-0.39, 0.29) is 40.5 Å². The van der Waals surface area contributed by atoms with Crippen molar-refractivity contribution in [2.75, 3.05) is 31.6 Å². The lowest BCUT2D eigenvalue weighted by molar-refractivity contribution is 0.191. The standard InChI is InChI=1S/C18H20ClFN4O4S/c1-28-16-3-2-13(19)9-17(16)29(26,27)23-14-8-12-11-24(18(25)21-6-5-20)7-4-15(12)22-10-14/h2-3,8-10,23H,4-7,11H2,1H3,(H,21,25). The minimum atomic E-state index is -3.98. The van der Waals surface area contributed by atoms with E-state index in [4.69, 9.17) is 16.3 Å². The number of aromatic nitrogens is 1. The molecule has 0 saturated carbocycles. The second-order valence-electron chi connectivity index (χ2n) is 6.32. The molecular formula is C18H20ClFN4O4S. The Hall–Kier alpha value is -2.59. The number of pyridine rings is 1. The fourth-order valence-corrected chi connectivity index (χ4v) is 4.46. The number of halogens is 2. The lowest BCUT2D eigenvalue weighted by Gasteiger charge is -2.28. The van der Waals surface area contributed by atoms with Crippen molar-refractivity contribution < 1.29 is 22.3 Å². The molecular weight excluding hydrogens is 423 g/mol. The molecule has 11 heteroatoms. The first-order chi connectivity index (χ1) is 13.8. The molecule has 2 aromatic rings. The minimum absolute atomic E-state index is 0.0538. The number of sulfonamides is 1. The molecule has 1 aliphatic rings. The van der Waals surface area contributed by atoms with Crippen LogP contribution in [0.5, 0.6) is 5.75 Å². The van der Waals surface area contributed by atoms with E-state index in [9.17, 15) is 17.6 Å². The molecule has 0 aliphatic carbocycles. The summed E-state index contributed by atoms with van der Waals surface area (Å²) in [6.45, 7) is -0.00221. The Labute approximate surface area is 173 Å². The van der Waals surface area contributed by atoms with Crippen molar-refractivity contribution in [3.05, 3.63) is 46.7 Å². The van der Waals surface area contributed by atoms with Crippen LogP contribution in [-0.2, 0) is 23.0 Å². The molecule has 2 amide bonds. The summed E-state index contributed by atoms with van der Waals surface area (Å²) < 4.78 is 45.5. The van der Waals surface area contributed by atoms with Crippen LogP contribution in [0.4, 0.5) is 14.9 Å². The van der Waals surface area contributed by atoms with Crippen molar-refractivity contribution in [1.82, 2.24) is 15.2 Å². The molecule has 1 aromatic carbocycles. The van der Waals surface area contributed by atoms with Crippen molar-refractivity contribution in [1.29, 1.82) is 0 Å². The molecule has 0 atom stereocenters. The van der Waals surface area contributed by atoms with Gasteiger partial charge in [0.1, 0.15) is 17.3 Å². The van der Waals surface area contributed by atoms with Gasteiger partial charge < -0.3 is 15.0 Å². The van der Waals surface area contributed by atoms with Crippen molar-refractivity contribution in [3.8, 4) is 5.75 Å². The molecule has 156 valence electrons. The largest absolute Gasteiger partial charge is 0.495 e. The number of fused-ring (bicyclic) bond motifs is 1. The van der Waals surface area contributed by atoms with E-state index < -0.39 is 16.7 Å². The number of carbonyl (C=O) groups is 1. The Morgan fingerprint density at radius 1 is 1.38 bits per heavy atom. The number of alkyl halides is 1. The topological polar surface area (TPSA) is 101 Å². The first-order valence-corrected chi connectivity index (χ1v) is 10.6. The van der Waals surface area contributed by atoms with Crippen molar-refractivity contribution >= 4 is 33.3 Å². The van der Waals surface area contributed by atoms with Crippen LogP contribution in [0.2, 0.25) is 5.02 Å². The van der Waals surface area contributed by atoms with E-state index >= 15 is 0 Å². The van der Waals surface area contributed by atoms with Crippen molar-refractivity contribution in [2.24, 2.45) is 0 Å². The Balaban J connectivity index is 1.82.